The molecule has 1 amide bonds. The summed E-state index contributed by atoms with van der Waals surface area (Å²) < 4.78 is 0. The van der Waals surface area contributed by atoms with Crippen molar-refractivity contribution in [3.8, 4) is 0 Å². The lowest BCUT2D eigenvalue weighted by Gasteiger charge is -2.08. The Balaban J connectivity index is 1.92. The van der Waals surface area contributed by atoms with Crippen LogP contribution in [0.2, 0.25) is 5.02 Å². The molecular weight excluding hydrogens is 292 g/mol. The molecule has 0 atom stereocenters. The van der Waals surface area contributed by atoms with Crippen molar-refractivity contribution in [3.05, 3.63) is 57.5 Å². The predicted octanol–water partition coefficient (Wildman–Crippen LogP) is 2.34. The number of imidazole rings is 1. The summed E-state index contributed by atoms with van der Waals surface area (Å²) in [6.07, 6.45) is 0. The molecule has 2 aromatic carbocycles. The number of hydrogen-bond acceptors (Lipinski definition) is 3. The van der Waals surface area contributed by atoms with Gasteiger partial charge in [-0.3, -0.25) is 4.79 Å². The first-order chi connectivity index (χ1) is 10.0. The molecule has 7 heteroatoms. The van der Waals surface area contributed by atoms with Crippen LogP contribution in [0.5, 0.6) is 0 Å². The number of hydrogen-bond donors (Lipinski definition) is 4. The first kappa shape index (κ1) is 13.3. The molecule has 1 aromatic heterocycles. The van der Waals surface area contributed by atoms with Crippen molar-refractivity contribution in [1.29, 1.82) is 0 Å². The fraction of sp³-hybridized carbons (Fsp3) is 0. The molecule has 5 N–H and O–H groups in total. The van der Waals surface area contributed by atoms with Crippen LogP contribution in [-0.4, -0.2) is 15.9 Å². The zero-order valence-electron chi connectivity index (χ0n) is 10.7. The van der Waals surface area contributed by atoms with Gasteiger partial charge in [-0.25, -0.2) is 4.79 Å². The third kappa shape index (κ3) is 2.61. The van der Waals surface area contributed by atoms with Crippen LogP contribution in [0.3, 0.4) is 0 Å². The molecule has 1 heterocycles. The van der Waals surface area contributed by atoms with Gasteiger partial charge in [0.15, 0.2) is 0 Å². The summed E-state index contributed by atoms with van der Waals surface area (Å²) in [7, 11) is 0. The number of halogens is 1. The van der Waals surface area contributed by atoms with Crippen LogP contribution in [0.15, 0.2) is 41.2 Å². The highest BCUT2D eigenvalue weighted by molar-refractivity contribution is 6.31. The SMILES string of the molecule is Nc1ccc(Cl)cc1C(=O)Nc1ccc2[nH]c(=O)[nH]c2c1. The molecule has 0 aliphatic heterocycles. The Morgan fingerprint density at radius 2 is 1.86 bits per heavy atom. The number of amides is 1. The van der Waals surface area contributed by atoms with Gasteiger partial charge in [0.2, 0.25) is 0 Å². The van der Waals surface area contributed by atoms with Crippen molar-refractivity contribution >= 4 is 39.9 Å². The van der Waals surface area contributed by atoms with Crippen LogP contribution >= 0.6 is 11.6 Å². The Hall–Kier alpha value is -2.73. The Morgan fingerprint density at radius 3 is 2.67 bits per heavy atom. The van der Waals surface area contributed by atoms with E-state index >= 15 is 0 Å². The van der Waals surface area contributed by atoms with Gasteiger partial charge in [-0.2, -0.15) is 0 Å². The lowest BCUT2D eigenvalue weighted by Crippen LogP contribution is -2.14. The number of fused-ring (bicyclic) bond motifs is 1. The summed E-state index contributed by atoms with van der Waals surface area (Å²) >= 11 is 5.87. The van der Waals surface area contributed by atoms with Gasteiger partial charge in [-0.15, -0.1) is 0 Å². The van der Waals surface area contributed by atoms with E-state index in [0.29, 0.717) is 33.0 Å². The van der Waals surface area contributed by atoms with Gasteiger partial charge < -0.3 is 21.0 Å². The molecule has 106 valence electrons. The number of aromatic nitrogens is 2. The molecule has 3 rings (SSSR count). The second-order valence-electron chi connectivity index (χ2n) is 4.53. The van der Waals surface area contributed by atoms with Crippen molar-refractivity contribution in [2.75, 3.05) is 11.1 Å². The second kappa shape index (κ2) is 4.99. The number of benzene rings is 2. The molecule has 0 fully saturated rings. The van der Waals surface area contributed by atoms with Crippen LogP contribution in [0.1, 0.15) is 10.4 Å². The minimum Gasteiger partial charge on any atom is -0.398 e. The molecule has 0 unspecified atom stereocenters. The minimum absolute atomic E-state index is 0.296. The molecule has 0 radical (unpaired) electrons. The monoisotopic (exact) mass is 302 g/mol. The summed E-state index contributed by atoms with van der Waals surface area (Å²) in [5.74, 6) is -0.368. The lowest BCUT2D eigenvalue weighted by atomic mass is 10.1. The zero-order chi connectivity index (χ0) is 15.0. The van der Waals surface area contributed by atoms with Crippen molar-refractivity contribution < 1.29 is 4.79 Å². The fourth-order valence-electron chi connectivity index (χ4n) is 2.03. The first-order valence-electron chi connectivity index (χ1n) is 6.11. The van der Waals surface area contributed by atoms with Crippen LogP contribution < -0.4 is 16.7 Å². The molecule has 0 aliphatic rings. The van der Waals surface area contributed by atoms with Gasteiger partial charge >= 0.3 is 5.69 Å². The molecule has 0 aliphatic carbocycles. The van der Waals surface area contributed by atoms with Gasteiger partial charge in [0.1, 0.15) is 0 Å². The third-order valence-electron chi connectivity index (χ3n) is 3.03. The number of aromatic amines is 2. The number of nitrogen functional groups attached to an aromatic ring is 1. The van der Waals surface area contributed by atoms with E-state index in [4.69, 9.17) is 17.3 Å². The highest BCUT2D eigenvalue weighted by Crippen LogP contribution is 2.20. The topological polar surface area (TPSA) is 104 Å². The quantitative estimate of drug-likeness (QED) is 0.546. The largest absolute Gasteiger partial charge is 0.398 e. The van der Waals surface area contributed by atoms with Crippen LogP contribution in [0.4, 0.5) is 11.4 Å². The molecular formula is C14H11ClN4O2. The zero-order valence-corrected chi connectivity index (χ0v) is 11.5. The van der Waals surface area contributed by atoms with E-state index in [0.717, 1.165) is 0 Å². The van der Waals surface area contributed by atoms with Gasteiger partial charge in [0.25, 0.3) is 5.91 Å². The van der Waals surface area contributed by atoms with E-state index in [1.54, 1.807) is 30.3 Å². The molecule has 0 saturated carbocycles. The first-order valence-corrected chi connectivity index (χ1v) is 6.49. The van der Waals surface area contributed by atoms with Crippen LogP contribution in [-0.2, 0) is 0 Å². The Morgan fingerprint density at radius 1 is 1.10 bits per heavy atom. The standard InChI is InChI=1S/C14H11ClN4O2/c15-7-1-3-10(16)9(5-7)13(20)17-8-2-4-11-12(6-8)19-14(21)18-11/h1-6H,16H2,(H,17,20)(H2,18,19,21). The van der Waals surface area contributed by atoms with Crippen molar-refractivity contribution in [2.24, 2.45) is 0 Å². The van der Waals surface area contributed by atoms with Gasteiger partial charge in [-0.05, 0) is 36.4 Å². The Labute approximate surface area is 123 Å². The van der Waals surface area contributed by atoms with E-state index in [1.165, 1.54) is 6.07 Å². The van der Waals surface area contributed by atoms with Crippen LogP contribution in [0.25, 0.3) is 11.0 Å². The van der Waals surface area contributed by atoms with E-state index in [9.17, 15) is 9.59 Å². The maximum atomic E-state index is 12.2. The van der Waals surface area contributed by atoms with Crippen molar-refractivity contribution in [1.82, 2.24) is 9.97 Å². The summed E-state index contributed by atoms with van der Waals surface area (Å²) in [4.78, 5) is 28.6. The number of H-pyrrole nitrogens is 2. The van der Waals surface area contributed by atoms with Crippen molar-refractivity contribution in [3.63, 3.8) is 0 Å². The van der Waals surface area contributed by atoms with E-state index in [2.05, 4.69) is 15.3 Å². The molecule has 0 bridgehead atoms. The maximum absolute atomic E-state index is 12.2. The highest BCUT2D eigenvalue weighted by atomic mass is 35.5. The summed E-state index contributed by atoms with van der Waals surface area (Å²) in [5.41, 5.74) is 7.92. The van der Waals surface area contributed by atoms with Crippen LogP contribution in [0, 0.1) is 0 Å². The molecule has 0 spiro atoms. The second-order valence-corrected chi connectivity index (χ2v) is 4.96. The normalized spacial score (nSPS) is 10.7. The maximum Gasteiger partial charge on any atom is 0.323 e. The Kier molecular flexibility index (Phi) is 3.15. The lowest BCUT2D eigenvalue weighted by molar-refractivity contribution is 0.102. The number of carbonyl (C=O) groups excluding carboxylic acids is 1. The summed E-state index contributed by atoms with van der Waals surface area (Å²) in [5, 5.41) is 3.14. The Bertz CT molecular complexity index is 897. The smallest absolute Gasteiger partial charge is 0.323 e. The van der Waals surface area contributed by atoms with Crippen molar-refractivity contribution in [2.45, 2.75) is 0 Å². The number of carbonyl (C=O) groups is 1. The average Bonchev–Trinajstić information content (AvgIpc) is 2.80. The minimum atomic E-state index is -0.368. The average molecular weight is 303 g/mol. The van der Waals surface area contributed by atoms with Gasteiger partial charge in [0.05, 0.1) is 16.6 Å². The third-order valence-corrected chi connectivity index (χ3v) is 3.27. The van der Waals surface area contributed by atoms with Gasteiger partial charge in [0, 0.05) is 16.4 Å². The number of nitrogens with one attached hydrogen (secondary N) is 3. The summed E-state index contributed by atoms with van der Waals surface area (Å²) in [6, 6.07) is 9.73. The number of anilines is 2. The molecule has 3 aromatic rings. The number of rotatable bonds is 2. The molecule has 21 heavy (non-hydrogen) atoms. The van der Waals surface area contributed by atoms with E-state index in [-0.39, 0.29) is 11.6 Å². The predicted molar refractivity (Wildman–Crippen MR) is 82.7 cm³/mol. The molecule has 0 saturated heterocycles. The fourth-order valence-corrected chi connectivity index (χ4v) is 2.21. The van der Waals surface area contributed by atoms with Gasteiger partial charge in [-0.1, -0.05) is 11.6 Å². The van der Waals surface area contributed by atoms with E-state index in [1.807, 2.05) is 0 Å². The summed E-state index contributed by atoms with van der Waals surface area (Å²) in [6.45, 7) is 0. The van der Waals surface area contributed by atoms with E-state index < -0.39 is 0 Å². The highest BCUT2D eigenvalue weighted by Gasteiger charge is 2.11. The molecule has 6 nitrogen and oxygen atoms in total. The number of nitrogens with two attached hydrogens (primary N) is 1.